The number of benzene rings is 2. The molecule has 0 saturated carbocycles. The standard InChI is InChI=1S/C21H22IN5O2/c1-14-13-19(26-15-7-9-16(29-2)10-8-15)27-21(25-14)24-12-11-23-20(28)17-5-3-4-6-18(17)22/h3-10,13H,11-12H2,1-2H3,(H,23,28)(H2,24,25,26,27). The van der Waals surface area contributed by atoms with Gasteiger partial charge < -0.3 is 20.7 Å². The van der Waals surface area contributed by atoms with Crippen molar-refractivity contribution in [3.05, 3.63) is 69.4 Å². The summed E-state index contributed by atoms with van der Waals surface area (Å²) in [7, 11) is 1.64. The number of hydrogen-bond donors (Lipinski definition) is 3. The number of amides is 1. The summed E-state index contributed by atoms with van der Waals surface area (Å²) in [5.74, 6) is 1.89. The minimum Gasteiger partial charge on any atom is -0.497 e. The van der Waals surface area contributed by atoms with Crippen LogP contribution in [0.1, 0.15) is 16.1 Å². The minimum atomic E-state index is -0.0937. The van der Waals surface area contributed by atoms with Crippen molar-refractivity contribution in [1.82, 2.24) is 15.3 Å². The summed E-state index contributed by atoms with van der Waals surface area (Å²) >= 11 is 2.16. The molecule has 0 aliphatic carbocycles. The molecule has 0 saturated heterocycles. The van der Waals surface area contributed by atoms with Crippen LogP contribution >= 0.6 is 22.6 Å². The van der Waals surface area contributed by atoms with E-state index in [1.807, 2.05) is 61.5 Å². The highest BCUT2D eigenvalue weighted by Crippen LogP contribution is 2.20. The Hall–Kier alpha value is -2.88. The summed E-state index contributed by atoms with van der Waals surface area (Å²) < 4.78 is 6.09. The van der Waals surface area contributed by atoms with Crippen LogP contribution in [0.15, 0.2) is 54.6 Å². The van der Waals surface area contributed by atoms with Gasteiger partial charge in [0.05, 0.1) is 12.7 Å². The lowest BCUT2D eigenvalue weighted by Gasteiger charge is -2.11. The number of ether oxygens (including phenoxy) is 1. The summed E-state index contributed by atoms with van der Waals surface area (Å²) in [5, 5.41) is 9.31. The van der Waals surface area contributed by atoms with Gasteiger partial charge in [0.15, 0.2) is 0 Å². The van der Waals surface area contributed by atoms with Crippen LogP contribution in [0.2, 0.25) is 0 Å². The Bertz CT molecular complexity index is 979. The van der Waals surface area contributed by atoms with Crippen molar-refractivity contribution >= 4 is 46.0 Å². The summed E-state index contributed by atoms with van der Waals surface area (Å²) in [5.41, 5.74) is 2.41. The lowest BCUT2D eigenvalue weighted by molar-refractivity contribution is 0.0954. The molecule has 3 aromatic rings. The zero-order valence-corrected chi connectivity index (χ0v) is 18.4. The predicted molar refractivity (Wildman–Crippen MR) is 123 cm³/mol. The summed E-state index contributed by atoms with van der Waals surface area (Å²) in [6, 6.07) is 17.0. The molecule has 3 rings (SSSR count). The van der Waals surface area contributed by atoms with E-state index in [4.69, 9.17) is 4.74 Å². The first kappa shape index (κ1) is 20.8. The number of rotatable bonds is 8. The molecule has 1 amide bonds. The highest BCUT2D eigenvalue weighted by Gasteiger charge is 2.08. The van der Waals surface area contributed by atoms with E-state index >= 15 is 0 Å². The van der Waals surface area contributed by atoms with Crippen molar-refractivity contribution in [1.29, 1.82) is 0 Å². The van der Waals surface area contributed by atoms with Crippen molar-refractivity contribution in [3.8, 4) is 5.75 Å². The fourth-order valence-electron chi connectivity index (χ4n) is 2.62. The van der Waals surface area contributed by atoms with Crippen LogP contribution in [0.25, 0.3) is 0 Å². The van der Waals surface area contributed by atoms with Crippen LogP contribution in [0.4, 0.5) is 17.5 Å². The number of halogens is 1. The number of anilines is 3. The SMILES string of the molecule is COc1ccc(Nc2cc(C)nc(NCCNC(=O)c3ccccc3I)n2)cc1. The lowest BCUT2D eigenvalue weighted by atomic mass is 10.2. The van der Waals surface area contributed by atoms with Gasteiger partial charge in [-0.15, -0.1) is 0 Å². The molecule has 1 aromatic heterocycles. The Morgan fingerprint density at radius 1 is 1.07 bits per heavy atom. The topological polar surface area (TPSA) is 88.2 Å². The van der Waals surface area contributed by atoms with Gasteiger partial charge >= 0.3 is 0 Å². The molecule has 29 heavy (non-hydrogen) atoms. The van der Waals surface area contributed by atoms with E-state index in [0.29, 0.717) is 30.4 Å². The van der Waals surface area contributed by atoms with Gasteiger partial charge in [-0.1, -0.05) is 12.1 Å². The Morgan fingerprint density at radius 2 is 1.83 bits per heavy atom. The van der Waals surface area contributed by atoms with E-state index < -0.39 is 0 Å². The maximum Gasteiger partial charge on any atom is 0.252 e. The molecule has 0 aliphatic rings. The number of methoxy groups -OCH3 is 1. The number of hydrogen-bond acceptors (Lipinski definition) is 6. The number of aryl methyl sites for hydroxylation is 1. The Morgan fingerprint density at radius 3 is 2.55 bits per heavy atom. The smallest absolute Gasteiger partial charge is 0.252 e. The van der Waals surface area contributed by atoms with Gasteiger partial charge in [-0.2, -0.15) is 4.98 Å². The van der Waals surface area contributed by atoms with Crippen LogP contribution in [0.5, 0.6) is 5.75 Å². The van der Waals surface area contributed by atoms with Crippen molar-refractivity contribution in [2.45, 2.75) is 6.92 Å². The Kier molecular flexibility index (Phi) is 7.23. The maximum absolute atomic E-state index is 12.2. The van der Waals surface area contributed by atoms with Gasteiger partial charge in [-0.25, -0.2) is 4.98 Å². The van der Waals surface area contributed by atoms with Crippen LogP contribution in [0, 0.1) is 10.5 Å². The molecule has 0 fully saturated rings. The third-order valence-corrected chi connectivity index (χ3v) is 4.97. The largest absolute Gasteiger partial charge is 0.497 e. The van der Waals surface area contributed by atoms with E-state index in [9.17, 15) is 4.79 Å². The van der Waals surface area contributed by atoms with Crippen molar-refractivity contribution in [3.63, 3.8) is 0 Å². The number of carbonyl (C=O) groups excluding carboxylic acids is 1. The molecule has 0 radical (unpaired) electrons. The van der Waals surface area contributed by atoms with Gasteiger partial charge in [0, 0.05) is 34.1 Å². The fourth-order valence-corrected chi connectivity index (χ4v) is 3.26. The highest BCUT2D eigenvalue weighted by molar-refractivity contribution is 14.1. The summed E-state index contributed by atoms with van der Waals surface area (Å²) in [6.07, 6.45) is 0. The molecule has 2 aromatic carbocycles. The molecule has 0 aliphatic heterocycles. The first-order valence-corrected chi connectivity index (χ1v) is 10.2. The lowest BCUT2D eigenvalue weighted by Crippen LogP contribution is -2.29. The molecule has 7 nitrogen and oxygen atoms in total. The Balaban J connectivity index is 1.54. The normalized spacial score (nSPS) is 10.3. The van der Waals surface area contributed by atoms with Gasteiger partial charge in [0.2, 0.25) is 5.95 Å². The summed E-state index contributed by atoms with van der Waals surface area (Å²) in [6.45, 7) is 2.88. The Labute approximate surface area is 183 Å². The monoisotopic (exact) mass is 503 g/mol. The van der Waals surface area contributed by atoms with Gasteiger partial charge in [-0.05, 0) is 65.9 Å². The number of carbonyl (C=O) groups is 1. The number of nitrogens with one attached hydrogen (secondary N) is 3. The molecular weight excluding hydrogens is 481 g/mol. The molecule has 0 spiro atoms. The van der Waals surface area contributed by atoms with Gasteiger partial charge in [0.1, 0.15) is 11.6 Å². The van der Waals surface area contributed by atoms with Crippen molar-refractivity contribution < 1.29 is 9.53 Å². The molecular formula is C21H22IN5O2. The molecule has 150 valence electrons. The molecule has 0 atom stereocenters. The van der Waals surface area contributed by atoms with E-state index in [2.05, 4.69) is 48.5 Å². The first-order chi connectivity index (χ1) is 14.0. The van der Waals surface area contributed by atoms with Crippen LogP contribution in [-0.2, 0) is 0 Å². The van der Waals surface area contributed by atoms with E-state index in [-0.39, 0.29) is 5.91 Å². The molecule has 1 heterocycles. The fraction of sp³-hybridized carbons (Fsp3) is 0.190. The quantitative estimate of drug-likeness (QED) is 0.319. The number of aromatic nitrogens is 2. The molecule has 0 bridgehead atoms. The second-order valence-corrected chi connectivity index (χ2v) is 7.40. The average molecular weight is 503 g/mol. The van der Waals surface area contributed by atoms with Crippen LogP contribution < -0.4 is 20.7 Å². The zero-order chi connectivity index (χ0) is 20.6. The van der Waals surface area contributed by atoms with Gasteiger partial charge in [-0.3, -0.25) is 4.79 Å². The average Bonchev–Trinajstić information content (AvgIpc) is 2.71. The summed E-state index contributed by atoms with van der Waals surface area (Å²) in [4.78, 5) is 21.1. The second kappa shape index (κ2) is 10.1. The molecule has 8 heteroatoms. The van der Waals surface area contributed by atoms with E-state index in [0.717, 1.165) is 20.7 Å². The third kappa shape index (κ3) is 6.05. The molecule has 0 unspecified atom stereocenters. The van der Waals surface area contributed by atoms with E-state index in [1.165, 1.54) is 0 Å². The van der Waals surface area contributed by atoms with Gasteiger partial charge in [0.25, 0.3) is 5.91 Å². The zero-order valence-electron chi connectivity index (χ0n) is 16.2. The van der Waals surface area contributed by atoms with Crippen LogP contribution in [-0.4, -0.2) is 36.1 Å². The second-order valence-electron chi connectivity index (χ2n) is 6.23. The van der Waals surface area contributed by atoms with Crippen molar-refractivity contribution in [2.24, 2.45) is 0 Å². The minimum absolute atomic E-state index is 0.0937. The number of nitrogens with zero attached hydrogens (tertiary/aromatic N) is 2. The maximum atomic E-state index is 12.2. The molecule has 3 N–H and O–H groups in total. The van der Waals surface area contributed by atoms with E-state index in [1.54, 1.807) is 7.11 Å². The van der Waals surface area contributed by atoms with Crippen molar-refractivity contribution in [2.75, 3.05) is 30.8 Å². The highest BCUT2D eigenvalue weighted by atomic mass is 127. The third-order valence-electron chi connectivity index (χ3n) is 4.03. The predicted octanol–water partition coefficient (Wildman–Crippen LogP) is 3.98. The first-order valence-electron chi connectivity index (χ1n) is 9.08. The van der Waals surface area contributed by atoms with Crippen LogP contribution in [0.3, 0.4) is 0 Å².